The predicted molar refractivity (Wildman–Crippen MR) is 52.1 cm³/mol. The number of halogens is 1. The predicted octanol–water partition coefficient (Wildman–Crippen LogP) is 1.94. The first-order valence-corrected chi connectivity index (χ1v) is 4.32. The molecule has 0 radical (unpaired) electrons. The highest BCUT2D eigenvalue weighted by Crippen LogP contribution is 2.14. The Morgan fingerprint density at radius 1 is 1.67 bits per heavy atom. The zero-order valence-electron chi connectivity index (χ0n) is 6.97. The molecule has 0 aliphatic rings. The molecule has 0 saturated heterocycles. The molecule has 1 heterocycles. The number of aromatic nitrogens is 2. The second-order valence-electron chi connectivity index (χ2n) is 2.53. The summed E-state index contributed by atoms with van der Waals surface area (Å²) < 4.78 is 0. The summed E-state index contributed by atoms with van der Waals surface area (Å²) in [6, 6.07) is 0. The first kappa shape index (κ1) is 9.13. The number of allylic oxidation sites excluding steroid dienone is 1. The summed E-state index contributed by atoms with van der Waals surface area (Å²) >= 11 is 5.52. The number of nitrogens with zero attached hydrogens (tertiary/aromatic N) is 1. The van der Waals surface area contributed by atoms with Crippen LogP contribution in [-0.4, -0.2) is 16.1 Å². The van der Waals surface area contributed by atoms with Crippen LogP contribution >= 0.6 is 11.6 Å². The number of nitrogens with two attached hydrogens (primary N) is 1. The van der Waals surface area contributed by atoms with Crippen molar-refractivity contribution in [2.75, 3.05) is 11.6 Å². The third-order valence-electron chi connectivity index (χ3n) is 1.58. The molecule has 1 rings (SSSR count). The topological polar surface area (TPSA) is 54.7 Å². The number of hydrogen-bond acceptors (Lipinski definition) is 2. The number of aryl methyl sites for hydroxylation is 1. The zero-order chi connectivity index (χ0) is 8.97. The number of hydrogen-bond donors (Lipinski definition) is 2. The molecule has 1 aromatic rings. The first-order chi connectivity index (χ1) is 5.75. The van der Waals surface area contributed by atoms with Crippen LogP contribution in [0.2, 0.25) is 0 Å². The summed E-state index contributed by atoms with van der Waals surface area (Å²) in [7, 11) is 0. The van der Waals surface area contributed by atoms with Crippen molar-refractivity contribution in [2.24, 2.45) is 0 Å². The lowest BCUT2D eigenvalue weighted by Crippen LogP contribution is -1.86. The summed E-state index contributed by atoms with van der Waals surface area (Å²) in [5, 5.41) is 6.67. The van der Waals surface area contributed by atoms with E-state index in [9.17, 15) is 0 Å². The van der Waals surface area contributed by atoms with Gasteiger partial charge in [0.25, 0.3) is 0 Å². The molecule has 0 bridgehead atoms. The van der Waals surface area contributed by atoms with Gasteiger partial charge in [0.05, 0.1) is 0 Å². The summed E-state index contributed by atoms with van der Waals surface area (Å²) in [5.41, 5.74) is 7.54. The van der Waals surface area contributed by atoms with E-state index >= 15 is 0 Å². The Bertz CT molecular complexity index is 258. The van der Waals surface area contributed by atoms with Gasteiger partial charge in [-0.1, -0.05) is 12.2 Å². The van der Waals surface area contributed by atoms with Crippen LogP contribution in [0.4, 0.5) is 5.82 Å². The summed E-state index contributed by atoms with van der Waals surface area (Å²) in [6.07, 6.45) is 4.78. The van der Waals surface area contributed by atoms with Crippen molar-refractivity contribution in [3.63, 3.8) is 0 Å². The van der Waals surface area contributed by atoms with Crippen LogP contribution in [0, 0.1) is 6.92 Å². The maximum absolute atomic E-state index is 5.60. The number of anilines is 1. The van der Waals surface area contributed by atoms with E-state index in [0.717, 1.165) is 17.7 Å². The average molecular weight is 186 g/mol. The van der Waals surface area contributed by atoms with Crippen LogP contribution in [0.25, 0.3) is 6.08 Å². The van der Waals surface area contributed by atoms with Crippen molar-refractivity contribution in [2.45, 2.75) is 13.3 Å². The molecule has 0 aromatic carbocycles. The Balaban J connectivity index is 2.73. The van der Waals surface area contributed by atoms with E-state index in [-0.39, 0.29) is 0 Å². The molecule has 0 amide bonds. The maximum Gasteiger partial charge on any atom is 0.152 e. The third-order valence-corrected chi connectivity index (χ3v) is 1.80. The molecule has 66 valence electrons. The van der Waals surface area contributed by atoms with Gasteiger partial charge in [0.2, 0.25) is 0 Å². The Morgan fingerprint density at radius 3 is 2.92 bits per heavy atom. The lowest BCUT2D eigenvalue weighted by atomic mass is 10.2. The van der Waals surface area contributed by atoms with Crippen LogP contribution in [0.1, 0.15) is 17.7 Å². The molecule has 0 saturated carbocycles. The molecule has 0 fully saturated rings. The van der Waals surface area contributed by atoms with Gasteiger partial charge in [-0.2, -0.15) is 5.10 Å². The van der Waals surface area contributed by atoms with Crippen molar-refractivity contribution < 1.29 is 0 Å². The molecule has 0 unspecified atom stereocenters. The minimum atomic E-state index is 0.540. The molecular weight excluding hydrogens is 174 g/mol. The van der Waals surface area contributed by atoms with Crippen molar-refractivity contribution in [3.05, 3.63) is 17.3 Å². The van der Waals surface area contributed by atoms with Gasteiger partial charge in [-0.3, -0.25) is 5.10 Å². The Hall–Kier alpha value is -0.960. The first-order valence-electron chi connectivity index (χ1n) is 3.78. The standard InChI is InChI=1S/C8H12ClN3/c1-6-7(4-2-3-5-9)8(10)12-11-6/h2,4H,3,5H2,1H3,(H3,10,11,12). The number of rotatable bonds is 3. The Labute approximate surface area is 76.6 Å². The molecule has 3 N–H and O–H groups in total. The van der Waals surface area contributed by atoms with E-state index in [2.05, 4.69) is 10.2 Å². The van der Waals surface area contributed by atoms with Gasteiger partial charge in [0.1, 0.15) is 0 Å². The van der Waals surface area contributed by atoms with Crippen LogP contribution < -0.4 is 5.73 Å². The zero-order valence-corrected chi connectivity index (χ0v) is 7.73. The van der Waals surface area contributed by atoms with Gasteiger partial charge in [0.15, 0.2) is 5.82 Å². The Morgan fingerprint density at radius 2 is 2.42 bits per heavy atom. The molecule has 0 spiro atoms. The van der Waals surface area contributed by atoms with Crippen molar-refractivity contribution >= 4 is 23.5 Å². The highest BCUT2D eigenvalue weighted by atomic mass is 35.5. The lowest BCUT2D eigenvalue weighted by Gasteiger charge is -1.90. The number of nitrogens with one attached hydrogen (secondary N) is 1. The molecule has 0 atom stereocenters. The van der Waals surface area contributed by atoms with Gasteiger partial charge in [-0.15, -0.1) is 11.6 Å². The summed E-state index contributed by atoms with van der Waals surface area (Å²) in [5.74, 6) is 1.17. The summed E-state index contributed by atoms with van der Waals surface area (Å²) in [6.45, 7) is 1.93. The van der Waals surface area contributed by atoms with Crippen molar-refractivity contribution in [3.8, 4) is 0 Å². The van der Waals surface area contributed by atoms with Crippen LogP contribution in [-0.2, 0) is 0 Å². The number of H-pyrrole nitrogens is 1. The number of alkyl halides is 1. The minimum absolute atomic E-state index is 0.540. The fourth-order valence-electron chi connectivity index (χ4n) is 0.931. The van der Waals surface area contributed by atoms with E-state index < -0.39 is 0 Å². The van der Waals surface area contributed by atoms with Gasteiger partial charge in [-0.05, 0) is 13.3 Å². The van der Waals surface area contributed by atoms with Crippen LogP contribution in [0.3, 0.4) is 0 Å². The van der Waals surface area contributed by atoms with E-state index in [1.165, 1.54) is 0 Å². The minimum Gasteiger partial charge on any atom is -0.382 e. The van der Waals surface area contributed by atoms with Gasteiger partial charge in [0, 0.05) is 17.1 Å². The average Bonchev–Trinajstić information content (AvgIpc) is 2.35. The van der Waals surface area contributed by atoms with Gasteiger partial charge < -0.3 is 5.73 Å². The highest BCUT2D eigenvalue weighted by Gasteiger charge is 2.01. The lowest BCUT2D eigenvalue weighted by molar-refractivity contribution is 1.05. The van der Waals surface area contributed by atoms with E-state index in [0.29, 0.717) is 11.7 Å². The molecule has 1 aromatic heterocycles. The van der Waals surface area contributed by atoms with E-state index in [4.69, 9.17) is 17.3 Å². The second-order valence-corrected chi connectivity index (χ2v) is 2.91. The van der Waals surface area contributed by atoms with Crippen molar-refractivity contribution in [1.29, 1.82) is 0 Å². The SMILES string of the molecule is Cc1[nH]nc(N)c1C=CCCCl. The molecule has 4 heteroatoms. The molecule has 12 heavy (non-hydrogen) atoms. The molecule has 0 aliphatic heterocycles. The van der Waals surface area contributed by atoms with Gasteiger partial charge in [-0.25, -0.2) is 0 Å². The van der Waals surface area contributed by atoms with E-state index in [1.807, 2.05) is 19.1 Å². The quantitative estimate of drug-likeness (QED) is 0.708. The van der Waals surface area contributed by atoms with Gasteiger partial charge >= 0.3 is 0 Å². The molecular formula is C8H12ClN3. The van der Waals surface area contributed by atoms with Crippen LogP contribution in [0.15, 0.2) is 6.08 Å². The third kappa shape index (κ3) is 2.01. The van der Waals surface area contributed by atoms with E-state index in [1.54, 1.807) is 0 Å². The largest absolute Gasteiger partial charge is 0.382 e. The normalized spacial score (nSPS) is 11.2. The molecule has 0 aliphatic carbocycles. The second kappa shape index (κ2) is 4.16. The number of nitrogen functional groups attached to an aromatic ring is 1. The van der Waals surface area contributed by atoms with Crippen LogP contribution in [0.5, 0.6) is 0 Å². The fraction of sp³-hybridized carbons (Fsp3) is 0.375. The number of aromatic amines is 1. The summed E-state index contributed by atoms with van der Waals surface area (Å²) in [4.78, 5) is 0. The monoisotopic (exact) mass is 185 g/mol. The maximum atomic E-state index is 5.60. The highest BCUT2D eigenvalue weighted by molar-refractivity contribution is 6.17. The fourth-order valence-corrected chi connectivity index (χ4v) is 1.06. The van der Waals surface area contributed by atoms with Crippen molar-refractivity contribution in [1.82, 2.24) is 10.2 Å². The smallest absolute Gasteiger partial charge is 0.152 e. The Kier molecular flexibility index (Phi) is 3.17. The molecule has 3 nitrogen and oxygen atoms in total.